The third-order valence-electron chi connectivity index (χ3n) is 1.33. The van der Waals surface area contributed by atoms with Gasteiger partial charge in [0.1, 0.15) is 4.11 Å². The van der Waals surface area contributed by atoms with Crippen molar-refractivity contribution in [2.45, 2.75) is 36.2 Å². The fourth-order valence-electron chi connectivity index (χ4n) is 0.761. The lowest BCUT2D eigenvalue weighted by Gasteiger charge is -2.00. The van der Waals surface area contributed by atoms with Crippen molar-refractivity contribution in [1.29, 1.82) is 0 Å². The molecule has 10 heavy (non-hydrogen) atoms. The molecule has 0 spiro atoms. The molecule has 0 aromatic rings. The Kier molecular flexibility index (Phi) is 9.24. The summed E-state index contributed by atoms with van der Waals surface area (Å²) in [6, 6.07) is 0. The van der Waals surface area contributed by atoms with Crippen LogP contribution in [0.4, 0.5) is 0 Å². The maximum atomic E-state index is 8.89. The van der Waals surface area contributed by atoms with Gasteiger partial charge in [0.25, 0.3) is 0 Å². The molecule has 0 aliphatic rings. The molecule has 0 amide bonds. The molecule has 3 heteroatoms. The van der Waals surface area contributed by atoms with E-state index in [-0.39, 0.29) is 4.11 Å². The molecule has 0 rings (SSSR count). The van der Waals surface area contributed by atoms with Crippen molar-refractivity contribution in [3.8, 4) is 0 Å². The minimum atomic E-state index is -0.137. The molecule has 1 N–H and O–H groups in total. The normalized spacial score (nSPS) is 13.5. The van der Waals surface area contributed by atoms with Crippen LogP contribution in [0.2, 0.25) is 0 Å². The van der Waals surface area contributed by atoms with E-state index in [1.807, 2.05) is 22.6 Å². The third-order valence-corrected chi connectivity index (χ3v) is 2.51. The summed E-state index contributed by atoms with van der Waals surface area (Å²) in [7, 11) is 0. The zero-order valence-corrected chi connectivity index (χ0v) is 9.77. The molecule has 0 aromatic heterocycles. The summed E-state index contributed by atoms with van der Waals surface area (Å²) in [5, 5.41) is 10.00. The van der Waals surface area contributed by atoms with Crippen molar-refractivity contribution >= 4 is 38.5 Å². The quantitative estimate of drug-likeness (QED) is 0.453. The minimum absolute atomic E-state index is 0.137. The van der Waals surface area contributed by atoms with Gasteiger partial charge < -0.3 is 5.11 Å². The van der Waals surface area contributed by atoms with Crippen LogP contribution in [0.1, 0.15) is 32.1 Å². The highest BCUT2D eigenvalue weighted by Crippen LogP contribution is 2.09. The number of aliphatic hydroxyl groups is 1. The molecule has 0 saturated carbocycles. The second-order valence-electron chi connectivity index (χ2n) is 2.33. The molecular weight excluding hydrogens is 307 g/mol. The molecule has 0 saturated heterocycles. The van der Waals surface area contributed by atoms with E-state index in [1.165, 1.54) is 19.3 Å². The third kappa shape index (κ3) is 9.17. The number of rotatable bonds is 6. The highest BCUT2D eigenvalue weighted by atomic mass is 127. The van der Waals surface area contributed by atoms with Gasteiger partial charge in [0.2, 0.25) is 0 Å². The van der Waals surface area contributed by atoms with Gasteiger partial charge in [0.05, 0.1) is 0 Å². The number of hydrogen-bond acceptors (Lipinski definition) is 1. The number of aliphatic hydroxyl groups excluding tert-OH is 1. The van der Waals surface area contributed by atoms with E-state index in [9.17, 15) is 0 Å². The Morgan fingerprint density at radius 1 is 1.20 bits per heavy atom. The van der Waals surface area contributed by atoms with Gasteiger partial charge in [-0.25, -0.2) is 0 Å². The van der Waals surface area contributed by atoms with E-state index >= 15 is 0 Å². The Labute approximate surface area is 84.9 Å². The van der Waals surface area contributed by atoms with Gasteiger partial charge in [-0.1, -0.05) is 57.8 Å². The molecule has 1 unspecified atom stereocenters. The smallest absolute Gasteiger partial charge is 0.105 e. The average molecular weight is 321 g/mol. The molecule has 0 aliphatic carbocycles. The highest BCUT2D eigenvalue weighted by molar-refractivity contribution is 14.1. The maximum absolute atomic E-state index is 8.89. The van der Waals surface area contributed by atoms with Gasteiger partial charge in [-0.05, 0) is 12.8 Å². The first kappa shape index (κ1) is 11.2. The molecule has 0 aromatic carbocycles. The van der Waals surface area contributed by atoms with Gasteiger partial charge in [-0.2, -0.15) is 0 Å². The SMILES string of the molecule is OC(I)CCCCCCBr. The molecule has 0 aliphatic heterocycles. The van der Waals surface area contributed by atoms with Gasteiger partial charge in [0.15, 0.2) is 0 Å². The Morgan fingerprint density at radius 2 is 1.80 bits per heavy atom. The number of alkyl halides is 2. The Bertz CT molecular complexity index is 68.6. The van der Waals surface area contributed by atoms with Crippen LogP contribution >= 0.6 is 38.5 Å². The summed E-state index contributed by atoms with van der Waals surface area (Å²) in [6.07, 6.45) is 5.91. The van der Waals surface area contributed by atoms with Gasteiger partial charge in [-0.15, -0.1) is 0 Å². The molecule has 0 bridgehead atoms. The Balaban J connectivity index is 2.77. The fraction of sp³-hybridized carbons (Fsp3) is 1.00. The summed E-state index contributed by atoms with van der Waals surface area (Å²) >= 11 is 5.43. The first-order valence-corrected chi connectivity index (χ1v) is 6.02. The van der Waals surface area contributed by atoms with E-state index in [0.29, 0.717) is 0 Å². The summed E-state index contributed by atoms with van der Waals surface area (Å²) < 4.78 is -0.137. The largest absolute Gasteiger partial charge is 0.383 e. The van der Waals surface area contributed by atoms with Gasteiger partial charge in [-0.3, -0.25) is 0 Å². The standard InChI is InChI=1S/C7H14BrIO/c8-6-4-2-1-3-5-7(9)10/h7,10H,1-6H2. The second-order valence-corrected chi connectivity index (χ2v) is 4.56. The fourth-order valence-corrected chi connectivity index (χ4v) is 1.60. The van der Waals surface area contributed by atoms with Crippen molar-refractivity contribution < 1.29 is 5.11 Å². The van der Waals surface area contributed by atoms with Crippen molar-refractivity contribution in [1.82, 2.24) is 0 Å². The van der Waals surface area contributed by atoms with Crippen molar-refractivity contribution in [2.75, 3.05) is 5.33 Å². The summed E-state index contributed by atoms with van der Waals surface area (Å²) in [4.78, 5) is 0. The van der Waals surface area contributed by atoms with Crippen LogP contribution in [0.15, 0.2) is 0 Å². The van der Waals surface area contributed by atoms with Crippen LogP contribution in [0.5, 0.6) is 0 Å². The molecule has 0 radical (unpaired) electrons. The van der Waals surface area contributed by atoms with E-state index in [2.05, 4.69) is 15.9 Å². The minimum Gasteiger partial charge on any atom is -0.383 e. The summed E-state index contributed by atoms with van der Waals surface area (Å²) in [5.41, 5.74) is 0. The Hall–Kier alpha value is 1.17. The number of unbranched alkanes of at least 4 members (excludes halogenated alkanes) is 3. The first-order valence-electron chi connectivity index (χ1n) is 3.65. The molecule has 0 heterocycles. The van der Waals surface area contributed by atoms with E-state index in [0.717, 1.165) is 18.2 Å². The number of halogens is 2. The topological polar surface area (TPSA) is 20.2 Å². The van der Waals surface area contributed by atoms with Crippen molar-refractivity contribution in [3.63, 3.8) is 0 Å². The lowest BCUT2D eigenvalue weighted by Crippen LogP contribution is -1.93. The number of hydrogen-bond donors (Lipinski definition) is 1. The van der Waals surface area contributed by atoms with Gasteiger partial charge in [0, 0.05) is 5.33 Å². The van der Waals surface area contributed by atoms with E-state index in [1.54, 1.807) is 0 Å². The van der Waals surface area contributed by atoms with Crippen molar-refractivity contribution in [3.05, 3.63) is 0 Å². The molecule has 0 fully saturated rings. The predicted octanol–water partition coefficient (Wildman–Crippen LogP) is 3.09. The maximum Gasteiger partial charge on any atom is 0.105 e. The summed E-state index contributed by atoms with van der Waals surface area (Å²) in [6.45, 7) is 0. The zero-order valence-electron chi connectivity index (χ0n) is 6.02. The molecular formula is C7H14BrIO. The van der Waals surface area contributed by atoms with Gasteiger partial charge >= 0.3 is 0 Å². The lowest BCUT2D eigenvalue weighted by atomic mass is 10.2. The van der Waals surface area contributed by atoms with Crippen LogP contribution in [0.3, 0.4) is 0 Å². The molecule has 1 nitrogen and oxygen atoms in total. The summed E-state index contributed by atoms with van der Waals surface area (Å²) in [5.74, 6) is 0. The van der Waals surface area contributed by atoms with Crippen LogP contribution < -0.4 is 0 Å². The monoisotopic (exact) mass is 320 g/mol. The average Bonchev–Trinajstić information content (AvgIpc) is 1.87. The lowest BCUT2D eigenvalue weighted by molar-refractivity contribution is 0.263. The highest BCUT2D eigenvalue weighted by Gasteiger charge is 1.95. The van der Waals surface area contributed by atoms with E-state index < -0.39 is 0 Å². The van der Waals surface area contributed by atoms with Crippen LogP contribution in [0.25, 0.3) is 0 Å². The Morgan fingerprint density at radius 3 is 2.30 bits per heavy atom. The van der Waals surface area contributed by atoms with Crippen LogP contribution in [0, 0.1) is 0 Å². The predicted molar refractivity (Wildman–Crippen MR) is 56.9 cm³/mol. The van der Waals surface area contributed by atoms with Crippen LogP contribution in [-0.4, -0.2) is 14.5 Å². The molecule has 1 atom stereocenters. The van der Waals surface area contributed by atoms with Crippen LogP contribution in [-0.2, 0) is 0 Å². The first-order chi connectivity index (χ1) is 4.77. The van der Waals surface area contributed by atoms with E-state index in [4.69, 9.17) is 5.11 Å². The molecule has 62 valence electrons. The zero-order chi connectivity index (χ0) is 7.82. The second kappa shape index (κ2) is 8.27. The van der Waals surface area contributed by atoms with Crippen molar-refractivity contribution in [2.24, 2.45) is 0 Å².